The Morgan fingerprint density at radius 2 is 1.90 bits per heavy atom. The summed E-state index contributed by atoms with van der Waals surface area (Å²) < 4.78 is 29.4. The number of hydrogen-bond acceptors (Lipinski definition) is 4. The molecule has 1 rings (SSSR count). The summed E-state index contributed by atoms with van der Waals surface area (Å²) in [6.07, 6.45) is 0.880. The zero-order valence-electron chi connectivity index (χ0n) is 11.7. The number of rotatable bonds is 8. The standard InChI is InChI=1S/C14H20O5S/c1-11(9-10-19-2)20(17,18)13-6-3-12(4-7-13)5-8-14(15)16/h3-4,6-7,11H,5,8-10H2,1-2H3,(H,15,16). The number of methoxy groups -OCH3 is 1. The molecule has 1 unspecified atom stereocenters. The Kier molecular flexibility index (Phi) is 6.16. The van der Waals surface area contributed by atoms with Crippen LogP contribution in [-0.2, 0) is 25.8 Å². The second-order valence-corrected chi connectivity index (χ2v) is 7.04. The van der Waals surface area contributed by atoms with Crippen LogP contribution < -0.4 is 0 Å². The van der Waals surface area contributed by atoms with Gasteiger partial charge in [-0.15, -0.1) is 0 Å². The molecule has 0 aliphatic rings. The van der Waals surface area contributed by atoms with Crippen molar-refractivity contribution in [3.8, 4) is 0 Å². The van der Waals surface area contributed by atoms with Gasteiger partial charge in [0.2, 0.25) is 0 Å². The molecular weight excluding hydrogens is 280 g/mol. The molecule has 0 saturated heterocycles. The molecule has 0 aliphatic heterocycles. The fourth-order valence-electron chi connectivity index (χ4n) is 1.77. The molecule has 0 radical (unpaired) electrons. The number of carboxylic acids is 1. The summed E-state index contributed by atoms with van der Waals surface area (Å²) in [5.41, 5.74) is 0.816. The number of benzene rings is 1. The minimum atomic E-state index is -3.36. The molecule has 20 heavy (non-hydrogen) atoms. The Labute approximate surface area is 119 Å². The van der Waals surface area contributed by atoms with Gasteiger partial charge in [0.1, 0.15) is 0 Å². The first-order chi connectivity index (χ1) is 9.37. The van der Waals surface area contributed by atoms with Crippen LogP contribution >= 0.6 is 0 Å². The highest BCUT2D eigenvalue weighted by atomic mass is 32.2. The monoisotopic (exact) mass is 300 g/mol. The number of sulfone groups is 1. The Balaban J connectivity index is 2.78. The summed E-state index contributed by atoms with van der Waals surface area (Å²) in [4.78, 5) is 10.7. The summed E-state index contributed by atoms with van der Waals surface area (Å²) in [7, 11) is -1.82. The number of carbonyl (C=O) groups is 1. The number of aliphatic carboxylic acids is 1. The third-order valence-electron chi connectivity index (χ3n) is 3.14. The van der Waals surface area contributed by atoms with Crippen LogP contribution in [0.15, 0.2) is 29.2 Å². The molecule has 1 aromatic carbocycles. The lowest BCUT2D eigenvalue weighted by atomic mass is 10.1. The lowest BCUT2D eigenvalue weighted by molar-refractivity contribution is -0.136. The molecule has 0 aliphatic carbocycles. The topological polar surface area (TPSA) is 80.7 Å². The van der Waals surface area contributed by atoms with Gasteiger partial charge in [0.05, 0.1) is 10.1 Å². The number of carboxylic acid groups (broad SMARTS) is 1. The van der Waals surface area contributed by atoms with E-state index in [2.05, 4.69) is 0 Å². The van der Waals surface area contributed by atoms with Crippen molar-refractivity contribution >= 4 is 15.8 Å². The highest BCUT2D eigenvalue weighted by molar-refractivity contribution is 7.92. The van der Waals surface area contributed by atoms with Crippen LogP contribution in [0.5, 0.6) is 0 Å². The average molecular weight is 300 g/mol. The molecule has 1 aromatic rings. The van der Waals surface area contributed by atoms with Crippen LogP contribution in [0.4, 0.5) is 0 Å². The quantitative estimate of drug-likeness (QED) is 0.793. The Morgan fingerprint density at radius 1 is 1.30 bits per heavy atom. The molecule has 0 amide bonds. The predicted octanol–water partition coefficient (Wildman–Crippen LogP) is 1.90. The average Bonchev–Trinajstić information content (AvgIpc) is 2.42. The molecule has 1 N–H and O–H groups in total. The van der Waals surface area contributed by atoms with Crippen molar-refractivity contribution in [2.24, 2.45) is 0 Å². The molecule has 0 saturated carbocycles. The van der Waals surface area contributed by atoms with Gasteiger partial charge < -0.3 is 9.84 Å². The zero-order chi connectivity index (χ0) is 15.2. The van der Waals surface area contributed by atoms with Crippen molar-refractivity contribution in [2.75, 3.05) is 13.7 Å². The molecule has 0 bridgehead atoms. The zero-order valence-corrected chi connectivity index (χ0v) is 12.5. The second kappa shape index (κ2) is 7.40. The minimum Gasteiger partial charge on any atom is -0.481 e. The van der Waals surface area contributed by atoms with E-state index < -0.39 is 21.1 Å². The van der Waals surface area contributed by atoms with Crippen LogP contribution in [0, 0.1) is 0 Å². The van der Waals surface area contributed by atoms with Gasteiger partial charge >= 0.3 is 5.97 Å². The SMILES string of the molecule is COCCC(C)S(=O)(=O)c1ccc(CCC(=O)O)cc1. The molecule has 0 spiro atoms. The summed E-state index contributed by atoms with van der Waals surface area (Å²) in [6, 6.07) is 6.41. The van der Waals surface area contributed by atoms with Gasteiger partial charge in [-0.25, -0.2) is 8.42 Å². The van der Waals surface area contributed by atoms with E-state index in [0.717, 1.165) is 5.56 Å². The number of hydrogen-bond donors (Lipinski definition) is 1. The third kappa shape index (κ3) is 4.61. The van der Waals surface area contributed by atoms with Gasteiger partial charge in [0, 0.05) is 20.1 Å². The van der Waals surface area contributed by atoms with E-state index in [1.807, 2.05) is 0 Å². The second-order valence-electron chi connectivity index (χ2n) is 4.67. The Morgan fingerprint density at radius 3 is 2.40 bits per heavy atom. The Hall–Kier alpha value is -1.40. The van der Waals surface area contributed by atoms with E-state index in [1.54, 1.807) is 19.1 Å². The lowest BCUT2D eigenvalue weighted by Crippen LogP contribution is -2.19. The van der Waals surface area contributed by atoms with Crippen molar-refractivity contribution in [2.45, 2.75) is 36.3 Å². The summed E-state index contributed by atoms with van der Waals surface area (Å²) >= 11 is 0. The maximum atomic E-state index is 12.3. The highest BCUT2D eigenvalue weighted by Crippen LogP contribution is 2.19. The van der Waals surface area contributed by atoms with Crippen molar-refractivity contribution in [1.29, 1.82) is 0 Å². The van der Waals surface area contributed by atoms with E-state index in [4.69, 9.17) is 9.84 Å². The summed E-state index contributed by atoms with van der Waals surface area (Å²) in [5.74, 6) is -0.866. The third-order valence-corrected chi connectivity index (χ3v) is 5.36. The van der Waals surface area contributed by atoms with Crippen molar-refractivity contribution in [1.82, 2.24) is 0 Å². The van der Waals surface area contributed by atoms with Crippen LogP contribution in [0.25, 0.3) is 0 Å². The molecule has 0 aromatic heterocycles. The fraction of sp³-hybridized carbons (Fsp3) is 0.500. The van der Waals surface area contributed by atoms with E-state index in [-0.39, 0.29) is 11.3 Å². The van der Waals surface area contributed by atoms with Crippen molar-refractivity contribution in [3.05, 3.63) is 29.8 Å². The van der Waals surface area contributed by atoms with E-state index in [0.29, 0.717) is 19.4 Å². The van der Waals surface area contributed by atoms with Crippen LogP contribution in [0.1, 0.15) is 25.3 Å². The highest BCUT2D eigenvalue weighted by Gasteiger charge is 2.22. The molecule has 5 nitrogen and oxygen atoms in total. The van der Waals surface area contributed by atoms with Crippen molar-refractivity contribution < 1.29 is 23.1 Å². The van der Waals surface area contributed by atoms with Gasteiger partial charge in [-0.1, -0.05) is 12.1 Å². The van der Waals surface area contributed by atoms with Crippen LogP contribution in [-0.4, -0.2) is 38.5 Å². The van der Waals surface area contributed by atoms with Gasteiger partial charge in [-0.2, -0.15) is 0 Å². The maximum absolute atomic E-state index is 12.3. The molecule has 0 fully saturated rings. The minimum absolute atomic E-state index is 0.0380. The molecule has 112 valence electrons. The van der Waals surface area contributed by atoms with E-state index in [1.165, 1.54) is 19.2 Å². The summed E-state index contributed by atoms with van der Waals surface area (Å²) in [5, 5.41) is 8.10. The lowest BCUT2D eigenvalue weighted by Gasteiger charge is -2.12. The van der Waals surface area contributed by atoms with Crippen LogP contribution in [0.2, 0.25) is 0 Å². The predicted molar refractivity (Wildman–Crippen MR) is 75.5 cm³/mol. The normalized spacial score (nSPS) is 13.1. The van der Waals surface area contributed by atoms with Crippen molar-refractivity contribution in [3.63, 3.8) is 0 Å². The van der Waals surface area contributed by atoms with E-state index >= 15 is 0 Å². The fourth-order valence-corrected chi connectivity index (χ4v) is 3.15. The first-order valence-corrected chi connectivity index (χ1v) is 7.96. The number of aryl methyl sites for hydroxylation is 1. The van der Waals surface area contributed by atoms with Gasteiger partial charge in [0.25, 0.3) is 0 Å². The van der Waals surface area contributed by atoms with Crippen LogP contribution in [0.3, 0.4) is 0 Å². The number of ether oxygens (including phenoxy) is 1. The van der Waals surface area contributed by atoms with Gasteiger partial charge in [-0.05, 0) is 37.5 Å². The molecule has 1 atom stereocenters. The van der Waals surface area contributed by atoms with Gasteiger partial charge in [0.15, 0.2) is 9.84 Å². The first-order valence-electron chi connectivity index (χ1n) is 6.41. The molecule has 6 heteroatoms. The maximum Gasteiger partial charge on any atom is 0.303 e. The van der Waals surface area contributed by atoms with Gasteiger partial charge in [-0.3, -0.25) is 4.79 Å². The summed E-state index contributed by atoms with van der Waals surface area (Å²) in [6.45, 7) is 2.06. The first kappa shape index (κ1) is 16.7. The Bertz CT molecular complexity index is 533. The van der Waals surface area contributed by atoms with E-state index in [9.17, 15) is 13.2 Å². The molecular formula is C14H20O5S. The smallest absolute Gasteiger partial charge is 0.303 e. The largest absolute Gasteiger partial charge is 0.481 e. The molecule has 0 heterocycles.